The van der Waals surface area contributed by atoms with Crippen molar-refractivity contribution in [3.05, 3.63) is 85.0 Å². The van der Waals surface area contributed by atoms with E-state index in [2.05, 4.69) is 4.90 Å². The molecule has 0 bridgehead atoms. The topological polar surface area (TPSA) is 108 Å². The summed E-state index contributed by atoms with van der Waals surface area (Å²) < 4.78 is 20.8. The van der Waals surface area contributed by atoms with Crippen LogP contribution >= 0.6 is 0 Å². The maximum Gasteiger partial charge on any atom is 0.336 e. The molecule has 9 nitrogen and oxygen atoms in total. The van der Waals surface area contributed by atoms with Crippen LogP contribution in [-0.2, 0) is 28.7 Å². The van der Waals surface area contributed by atoms with Gasteiger partial charge in [-0.25, -0.2) is 19.2 Å². The van der Waals surface area contributed by atoms with Gasteiger partial charge in [0.05, 0.1) is 6.04 Å². The summed E-state index contributed by atoms with van der Waals surface area (Å²) in [5.41, 5.74) is 0. The van der Waals surface area contributed by atoms with Crippen LogP contribution in [0.2, 0.25) is 0 Å². The third-order valence-electron chi connectivity index (χ3n) is 5.38. The van der Waals surface area contributed by atoms with Gasteiger partial charge in [0.1, 0.15) is 24.7 Å². The lowest BCUT2D eigenvalue weighted by atomic mass is 10.1. The van der Waals surface area contributed by atoms with Gasteiger partial charge in [0.15, 0.2) is 0 Å². The Bertz CT molecular complexity index is 1010. The molecule has 0 spiro atoms. The predicted octanol–water partition coefficient (Wildman–Crippen LogP) is 3.25. The zero-order chi connectivity index (χ0) is 26.3. The second kappa shape index (κ2) is 15.0. The Labute approximate surface area is 215 Å². The summed E-state index contributed by atoms with van der Waals surface area (Å²) in [6.45, 7) is 1.48. The Morgan fingerprint density at radius 1 is 0.622 bits per heavy atom. The molecule has 194 valence electrons. The van der Waals surface area contributed by atoms with Crippen LogP contribution in [0, 0.1) is 0 Å². The van der Waals surface area contributed by atoms with Crippen LogP contribution in [0.4, 0.5) is 0 Å². The fourth-order valence-electron chi connectivity index (χ4n) is 3.54. The van der Waals surface area contributed by atoms with E-state index in [-0.39, 0.29) is 19.3 Å². The summed E-state index contributed by atoms with van der Waals surface area (Å²) >= 11 is 0. The third kappa shape index (κ3) is 10.5. The zero-order valence-electron chi connectivity index (χ0n) is 20.3. The van der Waals surface area contributed by atoms with Crippen molar-refractivity contribution < 1.29 is 38.1 Å². The molecule has 1 heterocycles. The van der Waals surface area contributed by atoms with Crippen LogP contribution < -0.4 is 9.47 Å². The summed E-state index contributed by atoms with van der Waals surface area (Å²) in [6, 6.07) is 16.6. The first-order chi connectivity index (χ1) is 18.0. The second-order valence-electron chi connectivity index (χ2n) is 8.15. The Hall–Kier alpha value is -4.24. The number of para-hydroxylation sites is 2. The van der Waals surface area contributed by atoms with Crippen molar-refractivity contribution in [3.63, 3.8) is 0 Å². The number of hydrogen-bond acceptors (Lipinski definition) is 9. The molecule has 3 rings (SSSR count). The maximum absolute atomic E-state index is 12.1. The van der Waals surface area contributed by atoms with Gasteiger partial charge in [-0.15, -0.1) is 0 Å². The summed E-state index contributed by atoms with van der Waals surface area (Å²) in [5, 5.41) is 0. The smallest absolute Gasteiger partial charge is 0.336 e. The Morgan fingerprint density at radius 3 is 1.46 bits per heavy atom. The highest BCUT2D eigenvalue weighted by Crippen LogP contribution is 2.14. The quantitative estimate of drug-likeness (QED) is 0.257. The largest absolute Gasteiger partial charge is 0.461 e. The van der Waals surface area contributed by atoms with Crippen molar-refractivity contribution in [1.82, 2.24) is 4.90 Å². The first kappa shape index (κ1) is 27.3. The van der Waals surface area contributed by atoms with Crippen molar-refractivity contribution in [1.29, 1.82) is 0 Å². The number of benzene rings is 2. The standard InChI is InChI=1S/C28H29NO8/c30-25(14-16-27(32)36-23-10-4-1-5-11-23)34-20-22(29-18-8-3-9-19-29)21-35-26(31)15-17-28(33)37-24-12-6-2-7-13-24/h1-2,4-7,10-17,22H,3,8-9,18-21H2/b16-14+,17-15+. The van der Waals surface area contributed by atoms with E-state index in [0.717, 1.165) is 56.7 Å². The summed E-state index contributed by atoms with van der Waals surface area (Å²) in [5.74, 6) is -2.13. The van der Waals surface area contributed by atoms with Gasteiger partial charge in [0.25, 0.3) is 0 Å². The number of likely N-dealkylation sites (tertiary alicyclic amines) is 1. The van der Waals surface area contributed by atoms with E-state index >= 15 is 0 Å². The molecule has 0 aliphatic carbocycles. The molecular weight excluding hydrogens is 478 g/mol. The van der Waals surface area contributed by atoms with Crippen molar-refractivity contribution >= 4 is 23.9 Å². The van der Waals surface area contributed by atoms with E-state index in [9.17, 15) is 19.2 Å². The molecular formula is C28H29NO8. The van der Waals surface area contributed by atoms with Gasteiger partial charge in [0, 0.05) is 24.3 Å². The third-order valence-corrected chi connectivity index (χ3v) is 5.38. The fourth-order valence-corrected chi connectivity index (χ4v) is 3.54. The Balaban J connectivity index is 1.46. The SMILES string of the molecule is O=C(/C=C/C(=O)Oc1ccccc1)OCC(COC(=O)/C=C/C(=O)Oc1ccccc1)N1CCCCC1. The van der Waals surface area contributed by atoms with Gasteiger partial charge in [-0.05, 0) is 50.2 Å². The predicted molar refractivity (Wildman–Crippen MR) is 134 cm³/mol. The van der Waals surface area contributed by atoms with E-state index in [4.69, 9.17) is 18.9 Å². The van der Waals surface area contributed by atoms with Crippen molar-refractivity contribution in [2.24, 2.45) is 0 Å². The number of carbonyl (C=O) groups is 4. The van der Waals surface area contributed by atoms with Gasteiger partial charge in [-0.2, -0.15) is 0 Å². The molecule has 2 aromatic carbocycles. The lowest BCUT2D eigenvalue weighted by Crippen LogP contribution is -2.45. The van der Waals surface area contributed by atoms with Crippen LogP contribution in [-0.4, -0.2) is 61.1 Å². The normalized spacial score (nSPS) is 14.0. The molecule has 1 saturated heterocycles. The molecule has 37 heavy (non-hydrogen) atoms. The Morgan fingerprint density at radius 2 is 1.03 bits per heavy atom. The van der Waals surface area contributed by atoms with Gasteiger partial charge in [0.2, 0.25) is 0 Å². The molecule has 0 saturated carbocycles. The first-order valence-corrected chi connectivity index (χ1v) is 12.0. The highest BCUT2D eigenvalue weighted by molar-refractivity contribution is 5.93. The summed E-state index contributed by atoms with van der Waals surface area (Å²) in [4.78, 5) is 50.1. The second-order valence-corrected chi connectivity index (χ2v) is 8.15. The first-order valence-electron chi connectivity index (χ1n) is 12.0. The summed E-state index contributed by atoms with van der Waals surface area (Å²) in [6.07, 6.45) is 7.03. The number of ether oxygens (including phenoxy) is 4. The molecule has 0 amide bonds. The number of hydrogen-bond donors (Lipinski definition) is 0. The van der Waals surface area contributed by atoms with E-state index < -0.39 is 23.9 Å². The number of piperidine rings is 1. The van der Waals surface area contributed by atoms with Gasteiger partial charge >= 0.3 is 23.9 Å². The number of nitrogens with zero attached hydrogens (tertiary/aromatic N) is 1. The van der Waals surface area contributed by atoms with Gasteiger partial charge < -0.3 is 18.9 Å². The average molecular weight is 508 g/mol. The molecule has 0 N–H and O–H groups in total. The van der Waals surface area contributed by atoms with Crippen LogP contribution in [0.5, 0.6) is 11.5 Å². The van der Waals surface area contributed by atoms with Crippen LogP contribution in [0.15, 0.2) is 85.0 Å². The molecule has 1 aliphatic rings. The highest BCUT2D eigenvalue weighted by atomic mass is 16.6. The van der Waals surface area contributed by atoms with Gasteiger partial charge in [-0.3, -0.25) is 4.90 Å². The zero-order valence-corrected chi connectivity index (χ0v) is 20.3. The van der Waals surface area contributed by atoms with E-state index in [1.54, 1.807) is 60.7 Å². The van der Waals surface area contributed by atoms with Crippen molar-refractivity contribution in [3.8, 4) is 11.5 Å². The maximum atomic E-state index is 12.1. The highest BCUT2D eigenvalue weighted by Gasteiger charge is 2.23. The molecule has 0 aromatic heterocycles. The molecule has 0 unspecified atom stereocenters. The van der Waals surface area contributed by atoms with Crippen molar-refractivity contribution in [2.45, 2.75) is 25.3 Å². The minimum absolute atomic E-state index is 0.0377. The lowest BCUT2D eigenvalue weighted by Gasteiger charge is -2.33. The van der Waals surface area contributed by atoms with E-state index in [1.165, 1.54) is 0 Å². The lowest BCUT2D eigenvalue weighted by molar-refractivity contribution is -0.145. The van der Waals surface area contributed by atoms with Gasteiger partial charge in [-0.1, -0.05) is 42.8 Å². The Kier molecular flexibility index (Phi) is 11.1. The summed E-state index contributed by atoms with van der Waals surface area (Å²) in [7, 11) is 0. The van der Waals surface area contributed by atoms with Crippen LogP contribution in [0.3, 0.4) is 0 Å². The number of rotatable bonds is 11. The minimum Gasteiger partial charge on any atom is -0.461 e. The van der Waals surface area contributed by atoms with Crippen LogP contribution in [0.25, 0.3) is 0 Å². The average Bonchev–Trinajstić information content (AvgIpc) is 2.92. The number of esters is 4. The van der Waals surface area contributed by atoms with E-state index in [0.29, 0.717) is 11.5 Å². The molecule has 0 radical (unpaired) electrons. The molecule has 9 heteroatoms. The molecule has 0 atom stereocenters. The fraction of sp³-hybridized carbons (Fsp3) is 0.286. The molecule has 1 fully saturated rings. The van der Waals surface area contributed by atoms with E-state index in [1.807, 2.05) is 0 Å². The monoisotopic (exact) mass is 507 g/mol. The van der Waals surface area contributed by atoms with Crippen LogP contribution in [0.1, 0.15) is 19.3 Å². The molecule has 1 aliphatic heterocycles. The van der Waals surface area contributed by atoms with Crippen molar-refractivity contribution in [2.75, 3.05) is 26.3 Å². The molecule has 2 aromatic rings. The number of carbonyl (C=O) groups excluding carboxylic acids is 4. The minimum atomic E-state index is -0.720.